The van der Waals surface area contributed by atoms with Crippen molar-refractivity contribution >= 4 is 23.0 Å². The molecule has 0 radical (unpaired) electrons. The van der Waals surface area contributed by atoms with Gasteiger partial charge >= 0.3 is 0 Å². The van der Waals surface area contributed by atoms with Crippen molar-refractivity contribution in [2.75, 3.05) is 11.9 Å². The van der Waals surface area contributed by atoms with E-state index in [1.807, 2.05) is 16.8 Å². The summed E-state index contributed by atoms with van der Waals surface area (Å²) >= 11 is 5.27. The highest BCUT2D eigenvalue weighted by Crippen LogP contribution is 2.11. The Morgan fingerprint density at radius 1 is 1.28 bits per heavy atom. The number of rotatable bonds is 7. The van der Waals surface area contributed by atoms with E-state index < -0.39 is 0 Å². The Morgan fingerprint density at radius 3 is 2.96 bits per heavy atom. The lowest BCUT2D eigenvalue weighted by Gasteiger charge is -2.09. The Labute approximate surface area is 150 Å². The molecule has 0 unspecified atom stereocenters. The summed E-state index contributed by atoms with van der Waals surface area (Å²) in [5.74, 6) is -0.234. The number of nitrogens with one attached hydrogen (secondary N) is 2. The van der Waals surface area contributed by atoms with E-state index >= 15 is 0 Å². The zero-order valence-corrected chi connectivity index (χ0v) is 14.4. The summed E-state index contributed by atoms with van der Waals surface area (Å²) in [5, 5.41) is 11.0. The molecule has 0 bridgehead atoms. The smallest absolute Gasteiger partial charge is 0.170 e. The molecule has 130 valence electrons. The first-order valence-electron chi connectivity index (χ1n) is 7.97. The Bertz CT molecular complexity index is 814. The number of hydrogen-bond acceptors (Lipinski definition) is 3. The summed E-state index contributed by atoms with van der Waals surface area (Å²) in [5.41, 5.74) is 1.36. The van der Waals surface area contributed by atoms with Crippen LogP contribution in [0.1, 0.15) is 12.0 Å². The molecule has 25 heavy (non-hydrogen) atoms. The average molecular weight is 358 g/mol. The molecule has 3 aromatic rings. The third kappa shape index (κ3) is 5.12. The van der Waals surface area contributed by atoms with Crippen LogP contribution in [0.4, 0.5) is 10.1 Å². The van der Waals surface area contributed by atoms with Crippen LogP contribution in [0, 0.1) is 5.82 Å². The Hall–Kier alpha value is -2.74. The van der Waals surface area contributed by atoms with Gasteiger partial charge in [0.15, 0.2) is 5.11 Å². The van der Waals surface area contributed by atoms with Gasteiger partial charge in [0.05, 0.1) is 24.8 Å². The SMILES string of the molecule is Fc1ccccc1Cn1cc(NC(=S)NCCCn2ccnc2)cn1. The van der Waals surface area contributed by atoms with Crippen LogP contribution >= 0.6 is 12.2 Å². The van der Waals surface area contributed by atoms with Crippen LogP contribution < -0.4 is 10.6 Å². The fraction of sp³-hybridized carbons (Fsp3) is 0.235. The predicted molar refractivity (Wildman–Crippen MR) is 98.8 cm³/mol. The van der Waals surface area contributed by atoms with E-state index in [1.54, 1.807) is 41.7 Å². The molecule has 2 heterocycles. The maximum Gasteiger partial charge on any atom is 0.170 e. The van der Waals surface area contributed by atoms with Gasteiger partial charge in [0.1, 0.15) is 5.82 Å². The monoisotopic (exact) mass is 358 g/mol. The minimum absolute atomic E-state index is 0.234. The highest BCUT2D eigenvalue weighted by molar-refractivity contribution is 7.80. The van der Waals surface area contributed by atoms with Gasteiger partial charge < -0.3 is 15.2 Å². The van der Waals surface area contributed by atoms with Crippen molar-refractivity contribution in [2.45, 2.75) is 19.5 Å². The Kier molecular flexibility index (Phi) is 5.73. The van der Waals surface area contributed by atoms with E-state index in [4.69, 9.17) is 12.2 Å². The Morgan fingerprint density at radius 2 is 2.16 bits per heavy atom. The molecule has 2 aromatic heterocycles. The molecule has 1 aromatic carbocycles. The number of aryl methyl sites for hydroxylation is 1. The number of aromatic nitrogens is 4. The van der Waals surface area contributed by atoms with E-state index in [0.29, 0.717) is 17.2 Å². The lowest BCUT2D eigenvalue weighted by atomic mass is 10.2. The molecule has 0 spiro atoms. The van der Waals surface area contributed by atoms with Gasteiger partial charge in [-0.15, -0.1) is 0 Å². The fourth-order valence-corrected chi connectivity index (χ4v) is 2.59. The zero-order valence-electron chi connectivity index (χ0n) is 13.6. The molecule has 3 rings (SSSR count). The number of halogens is 1. The number of anilines is 1. The second-order valence-corrected chi connectivity index (χ2v) is 5.96. The molecule has 0 fully saturated rings. The van der Waals surface area contributed by atoms with Crippen molar-refractivity contribution < 1.29 is 4.39 Å². The van der Waals surface area contributed by atoms with Crippen LogP contribution in [-0.2, 0) is 13.1 Å². The van der Waals surface area contributed by atoms with Gasteiger partial charge in [0, 0.05) is 37.2 Å². The first-order chi connectivity index (χ1) is 12.2. The number of nitrogens with zero attached hydrogens (tertiary/aromatic N) is 4. The molecule has 0 amide bonds. The summed E-state index contributed by atoms with van der Waals surface area (Å²) in [7, 11) is 0. The third-order valence-corrected chi connectivity index (χ3v) is 3.87. The van der Waals surface area contributed by atoms with E-state index in [1.165, 1.54) is 6.07 Å². The van der Waals surface area contributed by atoms with Gasteiger partial charge in [-0.3, -0.25) is 4.68 Å². The molecule has 0 aliphatic rings. The van der Waals surface area contributed by atoms with Crippen molar-refractivity contribution in [3.05, 3.63) is 66.8 Å². The van der Waals surface area contributed by atoms with Crippen LogP contribution in [0.25, 0.3) is 0 Å². The van der Waals surface area contributed by atoms with E-state index in [9.17, 15) is 4.39 Å². The number of imidazole rings is 1. The summed E-state index contributed by atoms with van der Waals surface area (Å²) < 4.78 is 17.4. The number of thiocarbonyl (C=S) groups is 1. The van der Waals surface area contributed by atoms with Gasteiger partial charge in [-0.2, -0.15) is 5.10 Å². The Balaban J connectivity index is 1.43. The number of hydrogen-bond donors (Lipinski definition) is 2. The second kappa shape index (κ2) is 8.39. The van der Waals surface area contributed by atoms with Crippen LogP contribution in [-0.4, -0.2) is 31.0 Å². The summed E-state index contributed by atoms with van der Waals surface area (Å²) in [4.78, 5) is 4.00. The van der Waals surface area contributed by atoms with Crippen LogP contribution in [0.3, 0.4) is 0 Å². The van der Waals surface area contributed by atoms with Crippen molar-refractivity contribution in [1.29, 1.82) is 0 Å². The average Bonchev–Trinajstić information content (AvgIpc) is 3.26. The van der Waals surface area contributed by atoms with Crippen molar-refractivity contribution in [1.82, 2.24) is 24.6 Å². The van der Waals surface area contributed by atoms with Gasteiger partial charge in [0.2, 0.25) is 0 Å². The summed E-state index contributed by atoms with van der Waals surface area (Å²) in [6.07, 6.45) is 9.89. The van der Waals surface area contributed by atoms with Gasteiger partial charge in [-0.05, 0) is 24.7 Å². The quantitative estimate of drug-likeness (QED) is 0.502. The predicted octanol–water partition coefficient (Wildman–Crippen LogP) is 2.64. The molecule has 0 aliphatic carbocycles. The zero-order chi connectivity index (χ0) is 17.5. The van der Waals surface area contributed by atoms with Crippen molar-refractivity contribution in [3.63, 3.8) is 0 Å². The number of benzene rings is 1. The maximum absolute atomic E-state index is 13.7. The van der Waals surface area contributed by atoms with Gasteiger partial charge in [0.25, 0.3) is 0 Å². The normalized spacial score (nSPS) is 10.6. The standard InChI is InChI=1S/C17H19FN6S/c18-16-5-2-1-4-14(16)11-24-12-15(10-21-24)22-17(25)20-6-3-8-23-9-7-19-13-23/h1-2,4-5,7,9-10,12-13H,3,6,8,11H2,(H2,20,22,25). The van der Waals surface area contributed by atoms with Crippen LogP contribution in [0.5, 0.6) is 0 Å². The molecular formula is C17H19FN6S. The first kappa shape index (κ1) is 17.1. The highest BCUT2D eigenvalue weighted by atomic mass is 32.1. The van der Waals surface area contributed by atoms with E-state index in [0.717, 1.165) is 25.2 Å². The summed E-state index contributed by atoms with van der Waals surface area (Å²) in [6, 6.07) is 6.67. The molecular weight excluding hydrogens is 339 g/mol. The van der Waals surface area contributed by atoms with E-state index in [2.05, 4.69) is 20.7 Å². The van der Waals surface area contributed by atoms with Crippen molar-refractivity contribution in [3.8, 4) is 0 Å². The van der Waals surface area contributed by atoms with E-state index in [-0.39, 0.29) is 5.82 Å². The van der Waals surface area contributed by atoms with Gasteiger partial charge in [-0.25, -0.2) is 9.37 Å². The fourth-order valence-electron chi connectivity index (χ4n) is 2.37. The van der Waals surface area contributed by atoms with Crippen LogP contribution in [0.15, 0.2) is 55.4 Å². The second-order valence-electron chi connectivity index (χ2n) is 5.55. The third-order valence-electron chi connectivity index (χ3n) is 3.62. The molecule has 6 nitrogen and oxygen atoms in total. The van der Waals surface area contributed by atoms with Crippen LogP contribution in [0.2, 0.25) is 0 Å². The molecule has 0 saturated carbocycles. The highest BCUT2D eigenvalue weighted by Gasteiger charge is 2.05. The minimum atomic E-state index is -0.234. The van der Waals surface area contributed by atoms with Crippen molar-refractivity contribution in [2.24, 2.45) is 0 Å². The molecule has 0 aliphatic heterocycles. The molecule has 0 saturated heterocycles. The lowest BCUT2D eigenvalue weighted by Crippen LogP contribution is -2.29. The minimum Gasteiger partial charge on any atom is -0.362 e. The molecule has 2 N–H and O–H groups in total. The largest absolute Gasteiger partial charge is 0.362 e. The lowest BCUT2D eigenvalue weighted by molar-refractivity contribution is 0.585. The first-order valence-corrected chi connectivity index (χ1v) is 8.38. The summed E-state index contributed by atoms with van der Waals surface area (Å²) in [6.45, 7) is 2.02. The molecule has 0 atom stereocenters. The van der Waals surface area contributed by atoms with Gasteiger partial charge in [-0.1, -0.05) is 18.2 Å². The maximum atomic E-state index is 13.7. The molecule has 8 heteroatoms. The topological polar surface area (TPSA) is 59.7 Å².